The molecule has 1 aromatic heterocycles. The molecule has 0 radical (unpaired) electrons. The van der Waals surface area contributed by atoms with Gasteiger partial charge in [0.05, 0.1) is 0 Å². The van der Waals surface area contributed by atoms with E-state index in [1.165, 1.54) is 10.8 Å². The van der Waals surface area contributed by atoms with Gasteiger partial charge in [0.1, 0.15) is 5.54 Å². The Bertz CT molecular complexity index is 809. The van der Waals surface area contributed by atoms with Gasteiger partial charge < -0.3 is 15.0 Å². The number of aromatic nitrogens is 1. The van der Waals surface area contributed by atoms with Gasteiger partial charge in [0.2, 0.25) is 5.91 Å². The summed E-state index contributed by atoms with van der Waals surface area (Å²) in [5.41, 5.74) is -0.544. The minimum absolute atomic E-state index is 0.288. The third-order valence-corrected chi connectivity index (χ3v) is 3.95. The summed E-state index contributed by atoms with van der Waals surface area (Å²) in [7, 11) is 0. The van der Waals surface area contributed by atoms with Crippen LogP contribution in [0.5, 0.6) is 0 Å². The number of pyridine rings is 1. The number of benzene rings is 1. The standard InChI is InChI=1S/C18H20N2O4/c1-12-8-7-11-20(15(12)21)18(2,3)17(24)19-14(16(22)23)13-9-5-4-6-10-13/h4-11,14H,1-3H3,(H,19,24)(H,22,23). The number of hydrogen-bond donors (Lipinski definition) is 2. The molecule has 0 fully saturated rings. The fourth-order valence-electron chi connectivity index (χ4n) is 2.39. The normalized spacial score (nSPS) is 12.5. The minimum atomic E-state index is -1.23. The van der Waals surface area contributed by atoms with Crippen molar-refractivity contribution < 1.29 is 14.7 Å². The molecule has 1 aromatic carbocycles. The molecular formula is C18H20N2O4. The van der Waals surface area contributed by atoms with E-state index in [0.29, 0.717) is 11.1 Å². The van der Waals surface area contributed by atoms with Crippen LogP contribution in [0, 0.1) is 6.92 Å². The summed E-state index contributed by atoms with van der Waals surface area (Å²) in [4.78, 5) is 36.5. The van der Waals surface area contributed by atoms with Crippen molar-refractivity contribution in [1.29, 1.82) is 0 Å². The van der Waals surface area contributed by atoms with Crippen molar-refractivity contribution in [3.8, 4) is 0 Å². The molecule has 6 nitrogen and oxygen atoms in total. The lowest BCUT2D eigenvalue weighted by atomic mass is 10.0. The van der Waals surface area contributed by atoms with E-state index >= 15 is 0 Å². The summed E-state index contributed by atoms with van der Waals surface area (Å²) in [5.74, 6) is -1.71. The maximum atomic E-state index is 12.7. The number of nitrogens with zero attached hydrogens (tertiary/aromatic N) is 1. The Morgan fingerprint density at radius 3 is 2.33 bits per heavy atom. The molecule has 0 aliphatic carbocycles. The van der Waals surface area contributed by atoms with E-state index < -0.39 is 23.5 Å². The first-order chi connectivity index (χ1) is 11.2. The average Bonchev–Trinajstić information content (AvgIpc) is 2.55. The van der Waals surface area contributed by atoms with Gasteiger partial charge >= 0.3 is 5.97 Å². The SMILES string of the molecule is Cc1cccn(C(C)(C)C(=O)NC(C(=O)O)c2ccccc2)c1=O. The maximum Gasteiger partial charge on any atom is 0.330 e. The number of carbonyl (C=O) groups is 2. The highest BCUT2D eigenvalue weighted by atomic mass is 16.4. The fourth-order valence-corrected chi connectivity index (χ4v) is 2.39. The minimum Gasteiger partial charge on any atom is -0.479 e. The molecule has 0 saturated carbocycles. The Morgan fingerprint density at radius 2 is 1.75 bits per heavy atom. The van der Waals surface area contributed by atoms with Crippen molar-refractivity contribution >= 4 is 11.9 Å². The van der Waals surface area contributed by atoms with E-state index in [1.807, 2.05) is 0 Å². The molecule has 1 atom stereocenters. The smallest absolute Gasteiger partial charge is 0.330 e. The van der Waals surface area contributed by atoms with Crippen LogP contribution < -0.4 is 10.9 Å². The van der Waals surface area contributed by atoms with E-state index in [9.17, 15) is 19.5 Å². The van der Waals surface area contributed by atoms with E-state index in [4.69, 9.17) is 0 Å². The van der Waals surface area contributed by atoms with Crippen molar-refractivity contribution in [3.05, 3.63) is 70.1 Å². The van der Waals surface area contributed by atoms with Gasteiger partial charge in [-0.25, -0.2) is 4.79 Å². The van der Waals surface area contributed by atoms with Crippen molar-refractivity contribution in [3.63, 3.8) is 0 Å². The molecule has 0 saturated heterocycles. The van der Waals surface area contributed by atoms with Crippen molar-refractivity contribution in [2.75, 3.05) is 0 Å². The van der Waals surface area contributed by atoms with Crippen LogP contribution in [-0.4, -0.2) is 21.6 Å². The third-order valence-electron chi connectivity index (χ3n) is 3.95. The molecular weight excluding hydrogens is 308 g/mol. The molecule has 126 valence electrons. The van der Waals surface area contributed by atoms with Gasteiger partial charge in [-0.1, -0.05) is 36.4 Å². The Balaban J connectivity index is 2.34. The lowest BCUT2D eigenvalue weighted by Crippen LogP contribution is -2.50. The summed E-state index contributed by atoms with van der Waals surface area (Å²) in [6.07, 6.45) is 1.52. The van der Waals surface area contributed by atoms with Crippen molar-refractivity contribution in [2.24, 2.45) is 0 Å². The predicted octanol–water partition coefficient (Wildman–Crippen LogP) is 1.83. The number of carboxylic acids is 1. The van der Waals surface area contributed by atoms with Crippen LogP contribution in [-0.2, 0) is 15.1 Å². The molecule has 0 aliphatic heterocycles. The summed E-state index contributed by atoms with van der Waals surface area (Å²) in [6, 6.07) is 10.6. The molecule has 0 aliphatic rings. The largest absolute Gasteiger partial charge is 0.479 e. The second-order valence-electron chi connectivity index (χ2n) is 6.08. The number of rotatable bonds is 5. The molecule has 1 amide bonds. The van der Waals surface area contributed by atoms with Crippen LogP contribution in [0.2, 0.25) is 0 Å². The summed E-state index contributed by atoms with van der Waals surface area (Å²) < 4.78 is 1.31. The lowest BCUT2D eigenvalue weighted by Gasteiger charge is -2.28. The lowest BCUT2D eigenvalue weighted by molar-refractivity contribution is -0.143. The van der Waals surface area contributed by atoms with Gasteiger partial charge in [-0.05, 0) is 32.4 Å². The maximum absolute atomic E-state index is 12.7. The zero-order valence-corrected chi connectivity index (χ0v) is 13.8. The van der Waals surface area contributed by atoms with Crippen LogP contribution in [0.4, 0.5) is 0 Å². The third kappa shape index (κ3) is 3.37. The van der Waals surface area contributed by atoms with Gasteiger partial charge in [-0.2, -0.15) is 0 Å². The molecule has 1 unspecified atom stereocenters. The fraction of sp³-hybridized carbons (Fsp3) is 0.278. The summed E-state index contributed by atoms with van der Waals surface area (Å²) in [5, 5.41) is 11.9. The number of carbonyl (C=O) groups excluding carboxylic acids is 1. The van der Waals surface area contributed by atoms with Gasteiger partial charge in [0.15, 0.2) is 6.04 Å². The Hall–Kier alpha value is -2.89. The molecule has 6 heteroatoms. The Kier molecular flexibility index (Phi) is 4.87. The van der Waals surface area contributed by atoms with Gasteiger partial charge in [0.25, 0.3) is 5.56 Å². The molecule has 24 heavy (non-hydrogen) atoms. The van der Waals surface area contributed by atoms with Crippen LogP contribution >= 0.6 is 0 Å². The number of hydrogen-bond acceptors (Lipinski definition) is 3. The van der Waals surface area contributed by atoms with Crippen LogP contribution in [0.25, 0.3) is 0 Å². The molecule has 2 N–H and O–H groups in total. The number of carboxylic acid groups (broad SMARTS) is 1. The second-order valence-corrected chi connectivity index (χ2v) is 6.08. The zero-order chi connectivity index (χ0) is 17.9. The van der Waals surface area contributed by atoms with Gasteiger partial charge in [-0.3, -0.25) is 9.59 Å². The number of amides is 1. The predicted molar refractivity (Wildman–Crippen MR) is 89.7 cm³/mol. The summed E-state index contributed by atoms with van der Waals surface area (Å²) >= 11 is 0. The number of nitrogens with one attached hydrogen (secondary N) is 1. The zero-order valence-electron chi connectivity index (χ0n) is 13.8. The first-order valence-electron chi connectivity index (χ1n) is 7.52. The van der Waals surface area contributed by atoms with E-state index in [2.05, 4.69) is 5.32 Å². The number of aliphatic carboxylic acids is 1. The molecule has 0 bridgehead atoms. The molecule has 1 heterocycles. The molecule has 0 spiro atoms. The van der Waals surface area contributed by atoms with E-state index in [0.717, 1.165) is 0 Å². The first kappa shape index (κ1) is 17.5. The highest BCUT2D eigenvalue weighted by molar-refractivity contribution is 5.88. The second kappa shape index (κ2) is 6.70. The Morgan fingerprint density at radius 1 is 1.12 bits per heavy atom. The van der Waals surface area contributed by atoms with Crippen molar-refractivity contribution in [1.82, 2.24) is 9.88 Å². The highest BCUT2D eigenvalue weighted by Crippen LogP contribution is 2.18. The first-order valence-corrected chi connectivity index (χ1v) is 7.52. The average molecular weight is 328 g/mol. The van der Waals surface area contributed by atoms with E-state index in [1.54, 1.807) is 63.2 Å². The van der Waals surface area contributed by atoms with Crippen LogP contribution in [0.15, 0.2) is 53.5 Å². The molecule has 2 rings (SSSR count). The van der Waals surface area contributed by atoms with Crippen LogP contribution in [0.1, 0.15) is 31.0 Å². The van der Waals surface area contributed by atoms with E-state index in [-0.39, 0.29) is 5.56 Å². The Labute approximate surface area is 139 Å². The monoisotopic (exact) mass is 328 g/mol. The van der Waals surface area contributed by atoms with Gasteiger partial charge in [-0.15, -0.1) is 0 Å². The van der Waals surface area contributed by atoms with Gasteiger partial charge in [0, 0.05) is 11.8 Å². The topological polar surface area (TPSA) is 88.4 Å². The summed E-state index contributed by atoms with van der Waals surface area (Å²) in [6.45, 7) is 4.82. The quantitative estimate of drug-likeness (QED) is 0.876. The highest BCUT2D eigenvalue weighted by Gasteiger charge is 2.34. The van der Waals surface area contributed by atoms with Crippen LogP contribution in [0.3, 0.4) is 0 Å². The number of aryl methyl sites for hydroxylation is 1. The molecule has 2 aromatic rings. The van der Waals surface area contributed by atoms with Crippen molar-refractivity contribution in [2.45, 2.75) is 32.4 Å².